The molecule has 1 saturated heterocycles. The quantitative estimate of drug-likeness (QED) is 0.631. The Balaban J connectivity index is 1.72. The Bertz CT molecular complexity index is 778. The number of nitrogens with zero attached hydrogens (tertiary/aromatic N) is 1. The van der Waals surface area contributed by atoms with E-state index < -0.39 is 0 Å². The third kappa shape index (κ3) is 3.14. The van der Waals surface area contributed by atoms with Gasteiger partial charge in [-0.05, 0) is 49.1 Å². The van der Waals surface area contributed by atoms with E-state index in [0.717, 1.165) is 37.7 Å². The summed E-state index contributed by atoms with van der Waals surface area (Å²) < 4.78 is 13.3. The summed E-state index contributed by atoms with van der Waals surface area (Å²) in [6.07, 6.45) is 5.18. The molecule has 0 N–H and O–H groups in total. The van der Waals surface area contributed by atoms with Gasteiger partial charge < -0.3 is 4.90 Å². The van der Waals surface area contributed by atoms with Crippen LogP contribution in [0.25, 0.3) is 0 Å². The number of alkyl halides is 1. The first kappa shape index (κ1) is 17.5. The van der Waals surface area contributed by atoms with Crippen molar-refractivity contribution in [2.75, 3.05) is 6.54 Å². The van der Waals surface area contributed by atoms with Gasteiger partial charge in [-0.25, -0.2) is 4.39 Å². The lowest BCUT2D eigenvalue weighted by atomic mass is 9.68. The number of halogens is 2. The largest absolute Gasteiger partial charge is 0.331 e. The van der Waals surface area contributed by atoms with Crippen molar-refractivity contribution in [2.45, 2.75) is 43.0 Å². The molecule has 0 unspecified atom stereocenters. The molecule has 4 heteroatoms. The Kier molecular flexibility index (Phi) is 4.74. The molecule has 136 valence electrons. The molecule has 1 amide bonds. The molecule has 4 rings (SSSR count). The molecule has 2 fully saturated rings. The monoisotopic (exact) mass is 371 g/mol. The topological polar surface area (TPSA) is 20.3 Å². The van der Waals surface area contributed by atoms with Crippen LogP contribution in [0, 0.1) is 11.7 Å². The van der Waals surface area contributed by atoms with Crippen molar-refractivity contribution in [1.82, 2.24) is 4.90 Å². The van der Waals surface area contributed by atoms with Crippen molar-refractivity contribution in [2.24, 2.45) is 5.92 Å². The van der Waals surface area contributed by atoms with Gasteiger partial charge in [0.15, 0.2) is 0 Å². The summed E-state index contributed by atoms with van der Waals surface area (Å²) in [5.41, 5.74) is 1.67. The van der Waals surface area contributed by atoms with E-state index >= 15 is 0 Å². The van der Waals surface area contributed by atoms with Crippen molar-refractivity contribution in [3.8, 4) is 0 Å². The molecule has 0 bridgehead atoms. The van der Waals surface area contributed by atoms with Gasteiger partial charge in [0.25, 0.3) is 5.91 Å². The maximum Gasteiger partial charge on any atom is 0.254 e. The van der Waals surface area contributed by atoms with Gasteiger partial charge in [0.1, 0.15) is 5.82 Å². The summed E-state index contributed by atoms with van der Waals surface area (Å²) in [7, 11) is 0. The SMILES string of the molecule is O=C(c1ccc(F)cc1)N1CC[C@@]2(Cl)CCCC[C@H]2[C@@H]1c1ccccc1. The van der Waals surface area contributed by atoms with E-state index in [1.54, 1.807) is 12.1 Å². The van der Waals surface area contributed by atoms with E-state index in [1.165, 1.54) is 12.1 Å². The first-order valence-corrected chi connectivity index (χ1v) is 9.77. The molecule has 1 heterocycles. The average Bonchev–Trinajstić information content (AvgIpc) is 2.67. The summed E-state index contributed by atoms with van der Waals surface area (Å²) in [6.45, 7) is 0.635. The van der Waals surface area contributed by atoms with Crippen LogP contribution in [0.3, 0.4) is 0 Å². The fourth-order valence-electron chi connectivity index (χ4n) is 4.69. The minimum atomic E-state index is -0.327. The van der Waals surface area contributed by atoms with Crippen LogP contribution < -0.4 is 0 Å². The number of carbonyl (C=O) groups is 1. The molecule has 2 aromatic rings. The molecule has 2 aliphatic rings. The van der Waals surface area contributed by atoms with Gasteiger partial charge in [-0.15, -0.1) is 11.6 Å². The van der Waals surface area contributed by atoms with Crippen molar-refractivity contribution >= 4 is 17.5 Å². The van der Waals surface area contributed by atoms with Crippen molar-refractivity contribution in [1.29, 1.82) is 0 Å². The fourth-order valence-corrected chi connectivity index (χ4v) is 5.14. The van der Waals surface area contributed by atoms with Gasteiger partial charge in [-0.1, -0.05) is 43.2 Å². The number of likely N-dealkylation sites (tertiary alicyclic amines) is 1. The molecule has 0 aromatic heterocycles. The van der Waals surface area contributed by atoms with Crippen LogP contribution in [0.2, 0.25) is 0 Å². The number of fused-ring (bicyclic) bond motifs is 1. The van der Waals surface area contributed by atoms with Crippen LogP contribution in [-0.2, 0) is 0 Å². The van der Waals surface area contributed by atoms with Crippen molar-refractivity contribution in [3.05, 3.63) is 71.5 Å². The minimum absolute atomic E-state index is 0.0275. The number of hydrogen-bond donors (Lipinski definition) is 0. The van der Waals surface area contributed by atoms with Gasteiger partial charge in [-0.3, -0.25) is 4.79 Å². The molecule has 1 aliphatic carbocycles. The number of piperidine rings is 1. The number of benzene rings is 2. The minimum Gasteiger partial charge on any atom is -0.331 e. The van der Waals surface area contributed by atoms with Gasteiger partial charge in [-0.2, -0.15) is 0 Å². The second-order valence-corrected chi connectivity index (χ2v) is 8.25. The van der Waals surface area contributed by atoms with Gasteiger partial charge in [0.2, 0.25) is 0 Å². The first-order valence-electron chi connectivity index (χ1n) is 9.39. The highest BCUT2D eigenvalue weighted by Crippen LogP contribution is 2.52. The normalized spacial score (nSPS) is 28.5. The molecule has 3 atom stereocenters. The van der Waals surface area contributed by atoms with Crippen molar-refractivity contribution < 1.29 is 9.18 Å². The molecule has 2 nitrogen and oxygen atoms in total. The Morgan fingerprint density at radius 3 is 2.50 bits per heavy atom. The zero-order valence-electron chi connectivity index (χ0n) is 14.7. The molecule has 1 aliphatic heterocycles. The summed E-state index contributed by atoms with van der Waals surface area (Å²) in [5, 5.41) is 0. The van der Waals surface area contributed by atoms with Crippen LogP contribution in [0.1, 0.15) is 54.1 Å². The Morgan fingerprint density at radius 1 is 1.04 bits per heavy atom. The summed E-state index contributed by atoms with van der Waals surface area (Å²) in [6, 6.07) is 16.0. The molecule has 2 aromatic carbocycles. The highest BCUT2D eigenvalue weighted by molar-refractivity contribution is 6.24. The molecule has 0 radical (unpaired) electrons. The predicted molar refractivity (Wildman–Crippen MR) is 102 cm³/mol. The van der Waals surface area contributed by atoms with E-state index in [1.807, 2.05) is 23.1 Å². The number of rotatable bonds is 2. The lowest BCUT2D eigenvalue weighted by Crippen LogP contribution is -2.53. The molecule has 0 spiro atoms. The van der Waals surface area contributed by atoms with E-state index in [4.69, 9.17) is 11.6 Å². The van der Waals surface area contributed by atoms with E-state index in [9.17, 15) is 9.18 Å². The fraction of sp³-hybridized carbons (Fsp3) is 0.409. The second kappa shape index (κ2) is 7.03. The second-order valence-electron chi connectivity index (χ2n) is 7.50. The lowest BCUT2D eigenvalue weighted by molar-refractivity contribution is 0.0279. The van der Waals surface area contributed by atoms with Crippen LogP contribution in [0.5, 0.6) is 0 Å². The number of hydrogen-bond acceptors (Lipinski definition) is 1. The smallest absolute Gasteiger partial charge is 0.254 e. The number of amides is 1. The Hall–Kier alpha value is -1.87. The van der Waals surface area contributed by atoms with Crippen LogP contribution >= 0.6 is 11.6 Å². The van der Waals surface area contributed by atoms with E-state index in [2.05, 4.69) is 12.1 Å². The van der Waals surface area contributed by atoms with E-state index in [-0.39, 0.29) is 28.6 Å². The predicted octanol–water partition coefficient (Wildman–Crippen LogP) is 5.58. The zero-order chi connectivity index (χ0) is 18.1. The zero-order valence-corrected chi connectivity index (χ0v) is 15.5. The summed E-state index contributed by atoms with van der Waals surface area (Å²) in [4.78, 5) is 15.0. The maximum absolute atomic E-state index is 13.3. The van der Waals surface area contributed by atoms with Gasteiger partial charge in [0.05, 0.1) is 10.9 Å². The third-order valence-corrected chi connectivity index (χ3v) is 6.66. The standard InChI is InChI=1S/C22H23ClFNO/c23-22-13-5-4-8-19(22)20(16-6-2-1-3-7-16)25(15-14-22)21(26)17-9-11-18(24)12-10-17/h1-3,6-7,9-12,19-20H,4-5,8,13-15H2/t19-,20-,22-/m0/s1. The Labute approximate surface area is 159 Å². The van der Waals surface area contributed by atoms with Crippen LogP contribution in [-0.4, -0.2) is 22.2 Å². The van der Waals surface area contributed by atoms with Crippen LogP contribution in [0.4, 0.5) is 4.39 Å². The van der Waals surface area contributed by atoms with E-state index in [0.29, 0.717) is 12.1 Å². The van der Waals surface area contributed by atoms with Crippen molar-refractivity contribution in [3.63, 3.8) is 0 Å². The third-order valence-electron chi connectivity index (χ3n) is 6.00. The highest BCUT2D eigenvalue weighted by Gasteiger charge is 2.50. The highest BCUT2D eigenvalue weighted by atomic mass is 35.5. The summed E-state index contributed by atoms with van der Waals surface area (Å²) in [5.74, 6) is -0.117. The molecular weight excluding hydrogens is 349 g/mol. The van der Waals surface area contributed by atoms with Crippen LogP contribution in [0.15, 0.2) is 54.6 Å². The Morgan fingerprint density at radius 2 is 1.77 bits per heavy atom. The summed E-state index contributed by atoms with van der Waals surface area (Å²) >= 11 is 7.07. The molecule has 1 saturated carbocycles. The number of carbonyl (C=O) groups excluding carboxylic acids is 1. The first-order chi connectivity index (χ1) is 12.6. The van der Waals surface area contributed by atoms with Gasteiger partial charge in [0, 0.05) is 18.0 Å². The maximum atomic E-state index is 13.3. The molecule has 26 heavy (non-hydrogen) atoms. The molecular formula is C22H23ClFNO. The lowest BCUT2D eigenvalue weighted by Gasteiger charge is -2.52. The average molecular weight is 372 g/mol. The van der Waals surface area contributed by atoms with Gasteiger partial charge >= 0.3 is 0 Å².